The van der Waals surface area contributed by atoms with Crippen molar-refractivity contribution in [3.05, 3.63) is 124 Å². The van der Waals surface area contributed by atoms with Crippen LogP contribution in [0, 0.1) is 6.92 Å². The van der Waals surface area contributed by atoms with E-state index < -0.39 is 33.4 Å². The van der Waals surface area contributed by atoms with Crippen molar-refractivity contribution < 1.29 is 26.4 Å². The summed E-state index contributed by atoms with van der Waals surface area (Å²) in [5, 5.41) is 4.34. The molecule has 3 aromatic carbocycles. The number of hydrogen-bond acceptors (Lipinski definition) is 5. The van der Waals surface area contributed by atoms with Gasteiger partial charge in [-0.2, -0.15) is 17.9 Å². The SMILES string of the molecule is CCCCc1nn(-c2ccccc2C(F)(F)F)c(=O)n1Cc1ccccc1-c1ccc(S(=O)(=O)NC(=O)c2cc[nH]c2C)cc1. The Morgan fingerprint density at radius 2 is 1.67 bits per heavy atom. The second-order valence-electron chi connectivity index (χ2n) is 10.4. The molecule has 5 rings (SSSR count). The fourth-order valence-corrected chi connectivity index (χ4v) is 6.00. The Kier molecular flexibility index (Phi) is 8.82. The van der Waals surface area contributed by atoms with Crippen molar-refractivity contribution in [2.24, 2.45) is 0 Å². The van der Waals surface area contributed by atoms with E-state index in [9.17, 15) is 31.2 Å². The topological polar surface area (TPSA) is 119 Å². The van der Waals surface area contributed by atoms with Crippen LogP contribution in [-0.2, 0) is 29.2 Å². The van der Waals surface area contributed by atoms with E-state index >= 15 is 0 Å². The number of rotatable bonds is 10. The van der Waals surface area contributed by atoms with Gasteiger partial charge in [0, 0.05) is 18.3 Å². The molecule has 45 heavy (non-hydrogen) atoms. The molecule has 5 aromatic rings. The fraction of sp³-hybridized carbons (Fsp3) is 0.219. The normalized spacial score (nSPS) is 11.9. The Hall–Kier alpha value is -4.91. The first-order valence-electron chi connectivity index (χ1n) is 14.2. The molecule has 0 aliphatic carbocycles. The smallest absolute Gasteiger partial charge is 0.365 e. The van der Waals surface area contributed by atoms with Crippen molar-refractivity contribution in [3.8, 4) is 16.8 Å². The zero-order valence-corrected chi connectivity index (χ0v) is 25.2. The fourth-order valence-electron chi connectivity index (χ4n) is 5.03. The maximum Gasteiger partial charge on any atom is 0.418 e. The lowest BCUT2D eigenvalue weighted by Gasteiger charge is -2.13. The lowest BCUT2D eigenvalue weighted by Crippen LogP contribution is -2.30. The molecule has 0 aliphatic heterocycles. The Morgan fingerprint density at radius 3 is 2.33 bits per heavy atom. The number of aryl methyl sites for hydroxylation is 2. The summed E-state index contributed by atoms with van der Waals surface area (Å²) in [5.41, 5.74) is 0.712. The van der Waals surface area contributed by atoms with Gasteiger partial charge >= 0.3 is 11.9 Å². The lowest BCUT2D eigenvalue weighted by atomic mass is 9.99. The van der Waals surface area contributed by atoms with Gasteiger partial charge in [0.1, 0.15) is 5.82 Å². The number of nitrogens with zero attached hydrogens (tertiary/aromatic N) is 3. The van der Waals surface area contributed by atoms with Gasteiger partial charge in [0.25, 0.3) is 15.9 Å². The molecule has 0 saturated heterocycles. The van der Waals surface area contributed by atoms with Gasteiger partial charge in [-0.3, -0.25) is 9.36 Å². The summed E-state index contributed by atoms with van der Waals surface area (Å²) in [5.74, 6) is -0.408. The average Bonchev–Trinajstić information content (AvgIpc) is 3.58. The molecule has 13 heteroatoms. The van der Waals surface area contributed by atoms with Crippen molar-refractivity contribution in [1.29, 1.82) is 0 Å². The third-order valence-corrected chi connectivity index (χ3v) is 8.72. The summed E-state index contributed by atoms with van der Waals surface area (Å²) in [4.78, 5) is 28.8. The molecular formula is C32H30F3N5O4S. The van der Waals surface area contributed by atoms with Crippen LogP contribution < -0.4 is 10.4 Å². The summed E-state index contributed by atoms with van der Waals surface area (Å²) >= 11 is 0. The number of carbonyl (C=O) groups excluding carboxylic acids is 1. The van der Waals surface area contributed by atoms with E-state index in [-0.39, 0.29) is 22.7 Å². The molecule has 0 atom stereocenters. The molecule has 2 heterocycles. The van der Waals surface area contributed by atoms with Crippen molar-refractivity contribution in [3.63, 3.8) is 0 Å². The monoisotopic (exact) mass is 637 g/mol. The predicted molar refractivity (Wildman–Crippen MR) is 163 cm³/mol. The number of alkyl halides is 3. The minimum atomic E-state index is -4.68. The number of unbranched alkanes of at least 4 members (excludes halogenated alkanes) is 1. The first kappa shape index (κ1) is 31.5. The summed E-state index contributed by atoms with van der Waals surface area (Å²) in [6, 6.07) is 19.4. The number of amides is 1. The van der Waals surface area contributed by atoms with Crippen LogP contribution in [0.5, 0.6) is 0 Å². The molecular weight excluding hydrogens is 607 g/mol. The standard InChI is InChI=1S/C32H30F3N5O4S/c1-3-4-13-29-37-40(28-12-8-7-11-27(28)32(33,34)35)31(42)39(29)20-23-9-5-6-10-26(23)22-14-16-24(17-15-22)45(43,44)38-30(41)25-18-19-36-21(25)2/h5-12,14-19,36H,3-4,13,20H2,1-2H3,(H,38,41). The van der Waals surface area contributed by atoms with Crippen LogP contribution >= 0.6 is 0 Å². The number of hydrogen-bond donors (Lipinski definition) is 2. The van der Waals surface area contributed by atoms with Crippen LogP contribution in [0.3, 0.4) is 0 Å². The van der Waals surface area contributed by atoms with Gasteiger partial charge < -0.3 is 4.98 Å². The Balaban J connectivity index is 1.48. The number of aromatic amines is 1. The molecule has 0 radical (unpaired) electrons. The van der Waals surface area contributed by atoms with Crippen LogP contribution in [-0.4, -0.2) is 33.7 Å². The Bertz CT molecular complexity index is 2010. The minimum Gasteiger partial charge on any atom is -0.365 e. The Labute approximate surface area is 257 Å². The maximum absolute atomic E-state index is 13.8. The summed E-state index contributed by atoms with van der Waals surface area (Å²) in [7, 11) is -4.17. The van der Waals surface area contributed by atoms with Gasteiger partial charge in [0.2, 0.25) is 0 Å². The van der Waals surface area contributed by atoms with Crippen LogP contribution in [0.1, 0.15) is 52.8 Å². The summed E-state index contributed by atoms with van der Waals surface area (Å²) in [6.45, 7) is 3.64. The third-order valence-electron chi connectivity index (χ3n) is 7.38. The van der Waals surface area contributed by atoms with Gasteiger partial charge in [0.15, 0.2) is 0 Å². The molecule has 0 unspecified atom stereocenters. The molecule has 2 N–H and O–H groups in total. The molecule has 0 bridgehead atoms. The van der Waals surface area contributed by atoms with E-state index in [4.69, 9.17) is 0 Å². The first-order valence-corrected chi connectivity index (χ1v) is 15.6. The third kappa shape index (κ3) is 6.63. The molecule has 0 fully saturated rings. The molecule has 0 aliphatic rings. The van der Waals surface area contributed by atoms with Crippen molar-refractivity contribution in [2.45, 2.75) is 50.7 Å². The highest BCUT2D eigenvalue weighted by molar-refractivity contribution is 7.90. The molecule has 234 valence electrons. The quantitative estimate of drug-likeness (QED) is 0.199. The molecule has 1 amide bonds. The van der Waals surface area contributed by atoms with Gasteiger partial charge in [-0.05, 0) is 60.4 Å². The number of nitrogens with one attached hydrogen (secondary N) is 2. The second kappa shape index (κ2) is 12.6. The van der Waals surface area contributed by atoms with Gasteiger partial charge in [-0.1, -0.05) is 61.9 Å². The number of benzene rings is 3. The van der Waals surface area contributed by atoms with Gasteiger partial charge in [-0.15, -0.1) is 5.10 Å². The second-order valence-corrected chi connectivity index (χ2v) is 12.1. The number of H-pyrrole nitrogens is 1. The van der Waals surface area contributed by atoms with Gasteiger partial charge in [-0.25, -0.2) is 17.9 Å². The zero-order valence-electron chi connectivity index (χ0n) is 24.4. The maximum atomic E-state index is 13.8. The Morgan fingerprint density at radius 1 is 0.978 bits per heavy atom. The van der Waals surface area contributed by atoms with Crippen LogP contribution in [0.4, 0.5) is 13.2 Å². The number of para-hydroxylation sites is 1. The highest BCUT2D eigenvalue weighted by Gasteiger charge is 2.35. The van der Waals surface area contributed by atoms with Gasteiger partial charge in [0.05, 0.1) is 28.3 Å². The first-order chi connectivity index (χ1) is 21.4. The van der Waals surface area contributed by atoms with Crippen molar-refractivity contribution in [1.82, 2.24) is 24.1 Å². The summed E-state index contributed by atoms with van der Waals surface area (Å²) < 4.78 is 71.5. The number of halogens is 3. The van der Waals surface area contributed by atoms with Crippen molar-refractivity contribution >= 4 is 15.9 Å². The van der Waals surface area contributed by atoms with E-state index in [0.29, 0.717) is 41.1 Å². The highest BCUT2D eigenvalue weighted by Crippen LogP contribution is 2.33. The molecule has 2 aromatic heterocycles. The van der Waals surface area contributed by atoms with Crippen molar-refractivity contribution in [2.75, 3.05) is 0 Å². The van der Waals surface area contributed by atoms with E-state index in [1.165, 1.54) is 47.2 Å². The van der Waals surface area contributed by atoms with Crippen LogP contribution in [0.25, 0.3) is 16.8 Å². The number of sulfonamides is 1. The largest absolute Gasteiger partial charge is 0.418 e. The van der Waals surface area contributed by atoms with E-state index in [1.54, 1.807) is 43.3 Å². The van der Waals surface area contributed by atoms with E-state index in [1.807, 2.05) is 6.92 Å². The predicted octanol–water partition coefficient (Wildman–Crippen LogP) is 5.87. The van der Waals surface area contributed by atoms with Crippen LogP contribution in [0.2, 0.25) is 0 Å². The van der Waals surface area contributed by atoms with E-state index in [2.05, 4.69) is 14.8 Å². The molecule has 0 saturated carbocycles. The molecule has 9 nitrogen and oxygen atoms in total. The zero-order chi connectivity index (χ0) is 32.4. The lowest BCUT2D eigenvalue weighted by molar-refractivity contribution is -0.137. The number of aromatic nitrogens is 4. The summed E-state index contributed by atoms with van der Waals surface area (Å²) in [6.07, 6.45) is -1.29. The van der Waals surface area contributed by atoms with E-state index in [0.717, 1.165) is 17.2 Å². The van der Waals surface area contributed by atoms with Crippen LogP contribution in [0.15, 0.2) is 94.7 Å². The average molecular weight is 638 g/mol. The highest BCUT2D eigenvalue weighted by atomic mass is 32.2. The number of carbonyl (C=O) groups is 1. The molecule has 0 spiro atoms. The minimum absolute atomic E-state index is 0.0222.